The third-order valence-corrected chi connectivity index (χ3v) is 5.29. The van der Waals surface area contributed by atoms with Gasteiger partial charge in [-0.25, -0.2) is 4.79 Å². The zero-order valence-electron chi connectivity index (χ0n) is 15.9. The van der Waals surface area contributed by atoms with Crippen LogP contribution in [0.15, 0.2) is 54.1 Å². The highest BCUT2D eigenvalue weighted by Crippen LogP contribution is 2.42. The zero-order valence-corrected chi connectivity index (χ0v) is 15.9. The van der Waals surface area contributed by atoms with E-state index in [9.17, 15) is 15.0 Å². The average molecular weight is 365 g/mol. The van der Waals surface area contributed by atoms with Crippen molar-refractivity contribution in [2.45, 2.75) is 25.2 Å². The van der Waals surface area contributed by atoms with Crippen molar-refractivity contribution in [1.82, 2.24) is 4.90 Å². The van der Waals surface area contributed by atoms with E-state index in [0.29, 0.717) is 23.1 Å². The molecule has 2 N–H and O–H groups in total. The minimum absolute atomic E-state index is 0.307. The average Bonchev–Trinajstić information content (AvgIpc) is 2.63. The molecule has 0 saturated heterocycles. The number of nitrogens with zero attached hydrogens (tertiary/aromatic N) is 1. The van der Waals surface area contributed by atoms with Gasteiger partial charge in [-0.2, -0.15) is 0 Å². The summed E-state index contributed by atoms with van der Waals surface area (Å²) in [5, 5.41) is 19.1. The van der Waals surface area contributed by atoms with Gasteiger partial charge < -0.3 is 15.1 Å². The Hall–Kier alpha value is -2.59. The maximum absolute atomic E-state index is 11.2. The molecule has 3 rings (SSSR count). The quantitative estimate of drug-likeness (QED) is 0.812. The highest BCUT2D eigenvalue weighted by Gasteiger charge is 2.29. The highest BCUT2D eigenvalue weighted by molar-refractivity contribution is 5.88. The number of aromatic hydroxyl groups is 1. The molecule has 1 aliphatic carbocycles. The molecule has 2 aromatic rings. The fourth-order valence-corrected chi connectivity index (χ4v) is 4.08. The van der Waals surface area contributed by atoms with Gasteiger partial charge in [0.15, 0.2) is 0 Å². The first-order chi connectivity index (χ1) is 12.9. The number of carboxylic acid groups (broad SMARTS) is 1. The van der Waals surface area contributed by atoms with E-state index < -0.39 is 5.97 Å². The van der Waals surface area contributed by atoms with Gasteiger partial charge in [-0.15, -0.1) is 0 Å². The molecule has 1 aliphatic rings. The van der Waals surface area contributed by atoms with Gasteiger partial charge in [-0.3, -0.25) is 0 Å². The minimum atomic E-state index is -0.900. The van der Waals surface area contributed by atoms with Gasteiger partial charge >= 0.3 is 5.97 Å². The molecule has 4 heteroatoms. The summed E-state index contributed by atoms with van der Waals surface area (Å²) in [5.74, 6) is 0.287. The van der Waals surface area contributed by atoms with Crippen LogP contribution in [0.5, 0.6) is 5.75 Å². The standard InChI is InChI=1S/C23H27NO3/c1-24(2)15-20-10-9-17(11-16-5-3-7-19(12-16)23(26)27)13-22(20)18-6-4-8-21(25)14-18/h3-8,11-12,14,20,22,25H,9-10,13,15H2,1-2H3,(H,26,27)/b17-11+. The molecule has 4 nitrogen and oxygen atoms in total. The number of rotatable bonds is 5. The van der Waals surface area contributed by atoms with Crippen LogP contribution in [0.2, 0.25) is 0 Å². The molecule has 0 bridgehead atoms. The van der Waals surface area contributed by atoms with Crippen molar-refractivity contribution >= 4 is 12.0 Å². The first-order valence-corrected chi connectivity index (χ1v) is 9.39. The predicted molar refractivity (Wildman–Crippen MR) is 108 cm³/mol. The molecule has 2 atom stereocenters. The Morgan fingerprint density at radius 3 is 2.67 bits per heavy atom. The summed E-state index contributed by atoms with van der Waals surface area (Å²) in [6, 6.07) is 14.7. The van der Waals surface area contributed by atoms with Crippen molar-refractivity contribution in [1.29, 1.82) is 0 Å². The predicted octanol–water partition coefficient (Wildman–Crippen LogP) is 4.62. The second-order valence-electron chi connectivity index (χ2n) is 7.70. The van der Waals surface area contributed by atoms with Crippen molar-refractivity contribution in [3.63, 3.8) is 0 Å². The van der Waals surface area contributed by atoms with E-state index in [0.717, 1.165) is 31.4 Å². The molecule has 0 heterocycles. The molecule has 142 valence electrons. The summed E-state index contributed by atoms with van der Waals surface area (Å²) in [6.07, 6.45) is 5.17. The first-order valence-electron chi connectivity index (χ1n) is 9.39. The Morgan fingerprint density at radius 2 is 1.96 bits per heavy atom. The topological polar surface area (TPSA) is 60.8 Å². The molecule has 2 aromatic carbocycles. The monoisotopic (exact) mass is 365 g/mol. The molecule has 0 spiro atoms. The third-order valence-electron chi connectivity index (χ3n) is 5.29. The highest BCUT2D eigenvalue weighted by atomic mass is 16.4. The van der Waals surface area contributed by atoms with E-state index in [1.54, 1.807) is 24.3 Å². The van der Waals surface area contributed by atoms with Crippen molar-refractivity contribution in [2.24, 2.45) is 5.92 Å². The molecule has 2 unspecified atom stereocenters. The van der Waals surface area contributed by atoms with Gasteiger partial charge in [0.1, 0.15) is 5.75 Å². The number of aromatic carboxylic acids is 1. The van der Waals surface area contributed by atoms with E-state index in [4.69, 9.17) is 0 Å². The molecule has 27 heavy (non-hydrogen) atoms. The van der Waals surface area contributed by atoms with Gasteiger partial charge in [-0.1, -0.05) is 35.9 Å². The lowest BCUT2D eigenvalue weighted by Gasteiger charge is -2.35. The lowest BCUT2D eigenvalue weighted by Crippen LogP contribution is -2.29. The molecule has 0 amide bonds. The first kappa shape index (κ1) is 19.2. The number of hydrogen-bond donors (Lipinski definition) is 2. The number of allylic oxidation sites excluding steroid dienone is 1. The van der Waals surface area contributed by atoms with Crippen LogP contribution in [0.3, 0.4) is 0 Å². The van der Waals surface area contributed by atoms with Gasteiger partial charge in [0.05, 0.1) is 5.56 Å². The van der Waals surface area contributed by atoms with Gasteiger partial charge in [0.25, 0.3) is 0 Å². The lowest BCUT2D eigenvalue weighted by atomic mass is 9.73. The van der Waals surface area contributed by atoms with Crippen molar-refractivity contribution in [3.8, 4) is 5.75 Å². The van der Waals surface area contributed by atoms with E-state index in [2.05, 4.69) is 31.1 Å². The number of benzene rings is 2. The molecule has 1 saturated carbocycles. The fourth-order valence-electron chi connectivity index (χ4n) is 4.08. The summed E-state index contributed by atoms with van der Waals surface area (Å²) in [6.45, 7) is 1.02. The van der Waals surface area contributed by atoms with Crippen LogP contribution in [0, 0.1) is 5.92 Å². The largest absolute Gasteiger partial charge is 0.508 e. The second-order valence-corrected chi connectivity index (χ2v) is 7.70. The second kappa shape index (κ2) is 8.40. The molecular weight excluding hydrogens is 338 g/mol. The zero-order chi connectivity index (χ0) is 19.4. The van der Waals surface area contributed by atoms with Crippen LogP contribution in [0.25, 0.3) is 6.08 Å². The van der Waals surface area contributed by atoms with Crippen LogP contribution < -0.4 is 0 Å². The minimum Gasteiger partial charge on any atom is -0.508 e. The molecule has 0 radical (unpaired) electrons. The van der Waals surface area contributed by atoms with Crippen LogP contribution in [0.4, 0.5) is 0 Å². The normalized spacial score (nSPS) is 21.5. The van der Waals surface area contributed by atoms with Crippen LogP contribution in [-0.4, -0.2) is 41.7 Å². The van der Waals surface area contributed by atoms with E-state index in [-0.39, 0.29) is 0 Å². The Balaban J connectivity index is 1.87. The van der Waals surface area contributed by atoms with Gasteiger partial charge in [-0.05, 0) is 80.6 Å². The summed E-state index contributed by atoms with van der Waals surface area (Å²) >= 11 is 0. The number of hydrogen-bond acceptors (Lipinski definition) is 3. The molecular formula is C23H27NO3. The number of phenolic OH excluding ortho intramolecular Hbond substituents is 1. The van der Waals surface area contributed by atoms with Crippen molar-refractivity contribution in [3.05, 3.63) is 70.8 Å². The third kappa shape index (κ3) is 4.98. The van der Waals surface area contributed by atoms with Crippen LogP contribution in [-0.2, 0) is 0 Å². The molecule has 1 fully saturated rings. The maximum atomic E-state index is 11.2. The van der Waals surface area contributed by atoms with E-state index >= 15 is 0 Å². The Bertz CT molecular complexity index is 841. The molecule has 0 aromatic heterocycles. The molecule has 0 aliphatic heterocycles. The SMILES string of the molecule is CN(C)CC1CC/C(=C\c2cccc(C(=O)O)c2)CC1c1cccc(O)c1. The number of carbonyl (C=O) groups is 1. The summed E-state index contributed by atoms with van der Waals surface area (Å²) in [7, 11) is 4.20. The van der Waals surface area contributed by atoms with Crippen LogP contribution in [0.1, 0.15) is 46.7 Å². The van der Waals surface area contributed by atoms with Gasteiger partial charge in [0.2, 0.25) is 0 Å². The Kier molecular flexibility index (Phi) is 5.97. The van der Waals surface area contributed by atoms with Crippen molar-refractivity contribution in [2.75, 3.05) is 20.6 Å². The van der Waals surface area contributed by atoms with Gasteiger partial charge in [0, 0.05) is 6.54 Å². The van der Waals surface area contributed by atoms with E-state index in [1.165, 1.54) is 11.1 Å². The summed E-state index contributed by atoms with van der Waals surface area (Å²) < 4.78 is 0. The van der Waals surface area contributed by atoms with Crippen molar-refractivity contribution < 1.29 is 15.0 Å². The Morgan fingerprint density at radius 1 is 1.19 bits per heavy atom. The lowest BCUT2D eigenvalue weighted by molar-refractivity contribution is 0.0697. The number of phenols is 1. The fraction of sp³-hybridized carbons (Fsp3) is 0.348. The maximum Gasteiger partial charge on any atom is 0.335 e. The van der Waals surface area contributed by atoms with Crippen LogP contribution >= 0.6 is 0 Å². The summed E-state index contributed by atoms with van der Waals surface area (Å²) in [4.78, 5) is 13.4. The summed E-state index contributed by atoms with van der Waals surface area (Å²) in [5.41, 5.74) is 3.76. The Labute approximate surface area is 160 Å². The number of carboxylic acids is 1. The smallest absolute Gasteiger partial charge is 0.335 e. The van der Waals surface area contributed by atoms with E-state index in [1.807, 2.05) is 18.2 Å².